The van der Waals surface area contributed by atoms with Crippen LogP contribution in [0.1, 0.15) is 9.67 Å². The molecule has 0 amide bonds. The Morgan fingerprint density at radius 2 is 1.94 bits per heavy atom. The van der Waals surface area contributed by atoms with E-state index in [1.807, 2.05) is 41.8 Å². The van der Waals surface area contributed by atoms with E-state index >= 15 is 0 Å². The van der Waals surface area contributed by atoms with Gasteiger partial charge in [-0.05, 0) is 39.5 Å². The van der Waals surface area contributed by atoms with E-state index in [9.17, 15) is 4.79 Å². The van der Waals surface area contributed by atoms with E-state index in [1.165, 1.54) is 11.3 Å². The average Bonchev–Trinajstić information content (AvgIpc) is 2.82. The van der Waals surface area contributed by atoms with Crippen LogP contribution in [-0.4, -0.2) is 19.2 Å². The van der Waals surface area contributed by atoms with Crippen molar-refractivity contribution in [3.63, 3.8) is 0 Å². The fraction of sp³-hybridized carbons (Fsp3) is 0.154. The fourth-order valence-electron chi connectivity index (χ4n) is 1.32. The van der Waals surface area contributed by atoms with E-state index in [0.29, 0.717) is 11.5 Å². The molecular formula is C13H11BrO3S. The molecule has 1 aromatic carbocycles. The zero-order valence-electron chi connectivity index (χ0n) is 9.47. The summed E-state index contributed by atoms with van der Waals surface area (Å²) >= 11 is 4.64. The van der Waals surface area contributed by atoms with Crippen LogP contribution in [-0.2, 0) is 4.74 Å². The highest BCUT2D eigenvalue weighted by Crippen LogP contribution is 2.23. The number of carbonyl (C=O) groups is 1. The molecule has 1 aromatic heterocycles. The Morgan fingerprint density at radius 3 is 2.61 bits per heavy atom. The Balaban J connectivity index is 1.73. The van der Waals surface area contributed by atoms with Crippen LogP contribution in [0.25, 0.3) is 0 Å². The number of ether oxygens (including phenoxy) is 2. The summed E-state index contributed by atoms with van der Waals surface area (Å²) in [7, 11) is 0. The number of carbonyl (C=O) groups excluding carboxylic acids is 1. The molecule has 2 aromatic rings. The van der Waals surface area contributed by atoms with Crippen molar-refractivity contribution in [3.8, 4) is 5.75 Å². The molecule has 0 aliphatic rings. The van der Waals surface area contributed by atoms with Crippen LogP contribution in [0.5, 0.6) is 5.75 Å². The topological polar surface area (TPSA) is 35.5 Å². The zero-order chi connectivity index (χ0) is 12.8. The molecule has 3 nitrogen and oxygen atoms in total. The van der Waals surface area contributed by atoms with Gasteiger partial charge in [-0.3, -0.25) is 0 Å². The highest BCUT2D eigenvalue weighted by Gasteiger charge is 2.12. The van der Waals surface area contributed by atoms with Crippen molar-refractivity contribution in [2.24, 2.45) is 0 Å². The molecule has 0 fully saturated rings. The molecule has 0 saturated carbocycles. The lowest BCUT2D eigenvalue weighted by atomic mass is 10.3. The van der Waals surface area contributed by atoms with E-state index in [1.54, 1.807) is 0 Å². The molecule has 0 radical (unpaired) electrons. The fourth-order valence-corrected chi connectivity index (χ4v) is 2.74. The summed E-state index contributed by atoms with van der Waals surface area (Å²) < 4.78 is 11.3. The quantitative estimate of drug-likeness (QED) is 0.620. The van der Waals surface area contributed by atoms with Crippen molar-refractivity contribution in [2.75, 3.05) is 13.2 Å². The van der Waals surface area contributed by atoms with Crippen LogP contribution < -0.4 is 4.74 Å². The van der Waals surface area contributed by atoms with Crippen molar-refractivity contribution < 1.29 is 14.3 Å². The number of benzene rings is 1. The Kier molecular flexibility index (Phi) is 4.78. The minimum atomic E-state index is -0.325. The third-order valence-electron chi connectivity index (χ3n) is 2.13. The minimum Gasteiger partial charge on any atom is -0.490 e. The van der Waals surface area contributed by atoms with E-state index in [2.05, 4.69) is 15.9 Å². The Bertz CT molecular complexity index is 510. The summed E-state index contributed by atoms with van der Waals surface area (Å²) in [5, 5.41) is 1.83. The van der Waals surface area contributed by atoms with Gasteiger partial charge >= 0.3 is 5.97 Å². The number of thiophene rings is 1. The predicted molar refractivity (Wildman–Crippen MR) is 74.2 cm³/mol. The summed E-state index contributed by atoms with van der Waals surface area (Å²) in [6.45, 7) is 0.580. The molecular weight excluding hydrogens is 316 g/mol. The number of hydrogen-bond acceptors (Lipinski definition) is 4. The lowest BCUT2D eigenvalue weighted by Gasteiger charge is -2.06. The van der Waals surface area contributed by atoms with Crippen LogP contribution in [0.15, 0.2) is 46.3 Å². The Labute approximate surface area is 117 Å². The molecule has 0 bridgehead atoms. The van der Waals surface area contributed by atoms with Crippen LogP contribution in [0.2, 0.25) is 0 Å². The molecule has 0 spiro atoms. The van der Waals surface area contributed by atoms with Crippen molar-refractivity contribution >= 4 is 33.2 Å². The van der Waals surface area contributed by atoms with Gasteiger partial charge in [-0.1, -0.05) is 18.2 Å². The second-order valence-electron chi connectivity index (χ2n) is 3.40. The molecule has 0 aliphatic carbocycles. The molecule has 0 N–H and O–H groups in total. The van der Waals surface area contributed by atoms with E-state index in [4.69, 9.17) is 9.47 Å². The lowest BCUT2D eigenvalue weighted by molar-refractivity contribution is 0.0455. The SMILES string of the molecule is O=C(OCCOc1ccccc1)c1sccc1Br. The maximum absolute atomic E-state index is 11.6. The maximum atomic E-state index is 11.6. The largest absolute Gasteiger partial charge is 0.490 e. The highest BCUT2D eigenvalue weighted by molar-refractivity contribution is 9.10. The second kappa shape index (κ2) is 6.56. The van der Waals surface area contributed by atoms with Gasteiger partial charge in [0.2, 0.25) is 0 Å². The van der Waals surface area contributed by atoms with Gasteiger partial charge in [0.1, 0.15) is 23.8 Å². The van der Waals surface area contributed by atoms with E-state index in [-0.39, 0.29) is 12.6 Å². The summed E-state index contributed by atoms with van der Waals surface area (Å²) in [5.74, 6) is 0.444. The summed E-state index contributed by atoms with van der Waals surface area (Å²) in [6, 6.07) is 11.2. The first-order valence-corrected chi connectivity index (χ1v) is 7.02. The summed E-state index contributed by atoms with van der Waals surface area (Å²) in [4.78, 5) is 12.2. The van der Waals surface area contributed by atoms with Crippen molar-refractivity contribution in [1.29, 1.82) is 0 Å². The summed E-state index contributed by atoms with van der Waals surface area (Å²) in [6.07, 6.45) is 0. The first-order chi connectivity index (χ1) is 8.77. The van der Waals surface area contributed by atoms with Crippen molar-refractivity contribution in [3.05, 3.63) is 51.1 Å². The molecule has 1 heterocycles. The van der Waals surface area contributed by atoms with Gasteiger partial charge in [0.15, 0.2) is 0 Å². The van der Waals surface area contributed by atoms with Gasteiger partial charge in [0.25, 0.3) is 0 Å². The molecule has 18 heavy (non-hydrogen) atoms. The number of halogens is 1. The second-order valence-corrected chi connectivity index (χ2v) is 5.17. The molecule has 0 atom stereocenters. The third kappa shape index (κ3) is 3.58. The van der Waals surface area contributed by atoms with Gasteiger partial charge in [-0.2, -0.15) is 0 Å². The molecule has 94 valence electrons. The average molecular weight is 327 g/mol. The van der Waals surface area contributed by atoms with Crippen LogP contribution in [0.4, 0.5) is 0 Å². The van der Waals surface area contributed by atoms with Crippen LogP contribution >= 0.6 is 27.3 Å². The maximum Gasteiger partial charge on any atom is 0.349 e. The van der Waals surface area contributed by atoms with Gasteiger partial charge in [-0.15, -0.1) is 11.3 Å². The third-order valence-corrected chi connectivity index (χ3v) is 3.95. The first-order valence-electron chi connectivity index (χ1n) is 5.35. The van der Waals surface area contributed by atoms with Crippen molar-refractivity contribution in [1.82, 2.24) is 0 Å². The van der Waals surface area contributed by atoms with Crippen molar-refractivity contribution in [2.45, 2.75) is 0 Å². The van der Waals surface area contributed by atoms with Gasteiger partial charge in [0, 0.05) is 4.47 Å². The number of esters is 1. The van der Waals surface area contributed by atoms with Crippen LogP contribution in [0, 0.1) is 0 Å². The molecule has 0 aliphatic heterocycles. The molecule has 2 rings (SSSR count). The summed E-state index contributed by atoms with van der Waals surface area (Å²) in [5.41, 5.74) is 0. The lowest BCUT2D eigenvalue weighted by Crippen LogP contribution is -2.11. The molecule has 5 heteroatoms. The minimum absolute atomic E-state index is 0.234. The highest BCUT2D eigenvalue weighted by atomic mass is 79.9. The van der Waals surface area contributed by atoms with Gasteiger partial charge < -0.3 is 9.47 Å². The number of rotatable bonds is 5. The number of hydrogen-bond donors (Lipinski definition) is 0. The first kappa shape index (κ1) is 13.1. The number of para-hydroxylation sites is 1. The molecule has 0 saturated heterocycles. The molecule has 0 unspecified atom stereocenters. The predicted octanol–water partition coefficient (Wildman–Crippen LogP) is 3.75. The van der Waals surface area contributed by atoms with E-state index < -0.39 is 0 Å². The standard InChI is InChI=1S/C13H11BrO3S/c14-11-6-9-18-12(11)13(15)17-8-7-16-10-4-2-1-3-5-10/h1-6,9H,7-8H2. The Morgan fingerprint density at radius 1 is 1.17 bits per heavy atom. The Hall–Kier alpha value is -1.33. The normalized spacial score (nSPS) is 10.1. The van der Waals surface area contributed by atoms with Gasteiger partial charge in [0.05, 0.1) is 0 Å². The van der Waals surface area contributed by atoms with E-state index in [0.717, 1.165) is 10.2 Å². The smallest absolute Gasteiger partial charge is 0.349 e. The van der Waals surface area contributed by atoms with Crippen LogP contribution in [0.3, 0.4) is 0 Å². The zero-order valence-corrected chi connectivity index (χ0v) is 11.9. The van der Waals surface area contributed by atoms with Gasteiger partial charge in [-0.25, -0.2) is 4.79 Å². The monoisotopic (exact) mass is 326 g/mol.